The fourth-order valence-electron chi connectivity index (χ4n) is 10.9. The average molecular weight is 876 g/mol. The van der Waals surface area contributed by atoms with Crippen LogP contribution in [0.5, 0.6) is 0 Å². The summed E-state index contributed by atoms with van der Waals surface area (Å²) < 4.78 is 36.0. The number of carbonyl (C=O) groups excluding carboxylic acids is 6. The van der Waals surface area contributed by atoms with Crippen LogP contribution in [-0.4, -0.2) is 112 Å². The molecule has 1 heterocycles. The van der Waals surface area contributed by atoms with E-state index in [0.717, 1.165) is 33.1 Å². The first-order valence-corrected chi connectivity index (χ1v) is 21.6. The lowest BCUT2D eigenvalue weighted by atomic mass is 9.44. The lowest BCUT2D eigenvalue weighted by Crippen LogP contribution is -2.82. The van der Waals surface area contributed by atoms with Gasteiger partial charge < -0.3 is 49.1 Å². The third-order valence-electron chi connectivity index (χ3n) is 14.3. The molecule has 0 radical (unpaired) electrons. The zero-order valence-electron chi connectivity index (χ0n) is 36.4. The molecule has 4 N–H and O–H groups in total. The van der Waals surface area contributed by atoms with Crippen molar-refractivity contribution in [2.45, 2.75) is 146 Å². The Morgan fingerprint density at radius 1 is 0.857 bits per heavy atom. The molecule has 11 atom stereocenters. The van der Waals surface area contributed by atoms with Crippen LogP contribution in [0.2, 0.25) is 0 Å². The normalized spacial score (nSPS) is 33.3. The molecular formula is C47H57NO15. The highest BCUT2D eigenvalue weighted by Gasteiger charge is 2.78. The van der Waals surface area contributed by atoms with Gasteiger partial charge in [0.25, 0.3) is 0 Å². The summed E-state index contributed by atoms with van der Waals surface area (Å²) in [6.45, 7) is 7.99. The van der Waals surface area contributed by atoms with E-state index in [0.29, 0.717) is 18.4 Å². The summed E-state index contributed by atoms with van der Waals surface area (Å²) in [5.74, 6) is -6.24. The molecule has 2 aromatic carbocycles. The molecule has 2 bridgehead atoms. The van der Waals surface area contributed by atoms with Crippen molar-refractivity contribution in [1.82, 2.24) is 5.32 Å². The maximum Gasteiger partial charge on any atom is 0.407 e. The van der Waals surface area contributed by atoms with Crippen LogP contribution in [0.15, 0.2) is 71.8 Å². The van der Waals surface area contributed by atoms with E-state index in [4.69, 9.17) is 28.4 Å². The van der Waals surface area contributed by atoms with E-state index in [1.54, 1.807) is 62.4 Å². The number of fused-ring (bicyclic) bond motifs is 5. The van der Waals surface area contributed by atoms with Gasteiger partial charge in [0.1, 0.15) is 30.0 Å². The number of ether oxygens (including phenoxy) is 6. The predicted octanol–water partition coefficient (Wildman–Crippen LogP) is 4.36. The van der Waals surface area contributed by atoms with Gasteiger partial charge in [0.15, 0.2) is 23.6 Å². The van der Waals surface area contributed by atoms with Gasteiger partial charge in [-0.05, 0) is 68.4 Å². The molecule has 0 aromatic heterocycles. The number of carbonyl (C=O) groups is 6. The first kappa shape index (κ1) is 45.9. The number of benzene rings is 2. The topological polar surface area (TPSA) is 231 Å². The molecule has 1 aliphatic heterocycles. The van der Waals surface area contributed by atoms with Crippen LogP contribution in [0.1, 0.15) is 108 Å². The van der Waals surface area contributed by atoms with E-state index in [9.17, 15) is 39.3 Å². The number of amides is 1. The van der Waals surface area contributed by atoms with Crippen molar-refractivity contribution in [2.75, 3.05) is 6.61 Å². The summed E-state index contributed by atoms with van der Waals surface area (Å²) in [5.41, 5.74) is -7.28. The molecule has 16 nitrogen and oxygen atoms in total. The number of ketones is 1. The molecule has 9 unspecified atom stereocenters. The molecule has 63 heavy (non-hydrogen) atoms. The van der Waals surface area contributed by atoms with Crippen LogP contribution < -0.4 is 5.32 Å². The number of aliphatic hydroxyl groups is 3. The van der Waals surface area contributed by atoms with Gasteiger partial charge in [0.05, 0.1) is 35.6 Å². The first-order valence-electron chi connectivity index (χ1n) is 21.6. The van der Waals surface area contributed by atoms with Gasteiger partial charge >= 0.3 is 30.0 Å². The number of hydrogen-bond donors (Lipinski definition) is 4. The van der Waals surface area contributed by atoms with Gasteiger partial charge in [-0.25, -0.2) is 14.4 Å². The quantitative estimate of drug-likeness (QED) is 0.148. The van der Waals surface area contributed by atoms with E-state index in [1.807, 2.05) is 0 Å². The molecule has 7 rings (SSSR count). The van der Waals surface area contributed by atoms with E-state index in [1.165, 1.54) is 26.0 Å². The molecule has 340 valence electrons. The SMILES string of the molecule is CC(=O)OC1C(=O)[C@]2(C)C(O)CC3OC[C@@]3(OC(C)=O)C2C(OC(=O)c2ccccc2)C2(O)CC(OC(=O)C(O)C(NC(=O)OC3CCCCC3)c3ccccc3)C(C)=C1C2(C)C. The smallest absolute Gasteiger partial charge is 0.407 e. The number of rotatable bonds is 10. The maximum atomic E-state index is 15.5. The number of Topliss-reactive ketones (excluding diaryl/α,β-unsaturated/α-hetero) is 1. The van der Waals surface area contributed by atoms with Crippen molar-refractivity contribution in [3.8, 4) is 0 Å². The highest BCUT2D eigenvalue weighted by molar-refractivity contribution is 5.95. The van der Waals surface area contributed by atoms with Crippen molar-refractivity contribution < 1.29 is 72.5 Å². The second kappa shape index (κ2) is 17.4. The number of nitrogens with one attached hydrogen (secondary N) is 1. The summed E-state index contributed by atoms with van der Waals surface area (Å²) in [6, 6.07) is 14.7. The van der Waals surface area contributed by atoms with Gasteiger partial charge in [-0.2, -0.15) is 0 Å². The van der Waals surface area contributed by atoms with Crippen LogP contribution in [0.3, 0.4) is 0 Å². The van der Waals surface area contributed by atoms with Gasteiger partial charge in [-0.3, -0.25) is 14.4 Å². The average Bonchev–Trinajstić information content (AvgIpc) is 3.24. The number of hydrogen-bond acceptors (Lipinski definition) is 15. The van der Waals surface area contributed by atoms with Crippen LogP contribution in [0.25, 0.3) is 0 Å². The minimum Gasteiger partial charge on any atom is -0.456 e. The lowest BCUT2D eigenvalue weighted by molar-refractivity contribution is -0.346. The van der Waals surface area contributed by atoms with E-state index in [2.05, 4.69) is 5.32 Å². The summed E-state index contributed by atoms with van der Waals surface area (Å²) in [5, 5.41) is 40.2. The van der Waals surface area contributed by atoms with Crippen molar-refractivity contribution in [3.63, 3.8) is 0 Å². The highest BCUT2D eigenvalue weighted by atomic mass is 16.6. The van der Waals surface area contributed by atoms with Crippen LogP contribution >= 0.6 is 0 Å². The third kappa shape index (κ3) is 8.04. The van der Waals surface area contributed by atoms with Crippen LogP contribution in [0, 0.1) is 16.7 Å². The molecule has 1 amide bonds. The fourth-order valence-corrected chi connectivity index (χ4v) is 10.9. The molecule has 4 aliphatic carbocycles. The zero-order valence-corrected chi connectivity index (χ0v) is 36.4. The second-order valence-corrected chi connectivity index (χ2v) is 18.3. The summed E-state index contributed by atoms with van der Waals surface area (Å²) in [7, 11) is 0. The summed E-state index contributed by atoms with van der Waals surface area (Å²) >= 11 is 0. The Kier molecular flexibility index (Phi) is 12.7. The third-order valence-corrected chi connectivity index (χ3v) is 14.3. The van der Waals surface area contributed by atoms with Gasteiger partial charge in [0.2, 0.25) is 0 Å². The van der Waals surface area contributed by atoms with Crippen molar-refractivity contribution in [1.29, 1.82) is 0 Å². The van der Waals surface area contributed by atoms with Gasteiger partial charge in [-0.15, -0.1) is 0 Å². The molecule has 3 saturated carbocycles. The van der Waals surface area contributed by atoms with Gasteiger partial charge in [0, 0.05) is 32.1 Å². The van der Waals surface area contributed by atoms with E-state index in [-0.39, 0.29) is 35.8 Å². The van der Waals surface area contributed by atoms with Crippen LogP contribution in [-0.2, 0) is 47.6 Å². The minimum atomic E-state index is -2.39. The van der Waals surface area contributed by atoms with Crippen molar-refractivity contribution in [3.05, 3.63) is 82.9 Å². The number of aliphatic hydroxyl groups excluding tert-OH is 2. The van der Waals surface area contributed by atoms with Crippen LogP contribution in [0.4, 0.5) is 4.79 Å². The molecule has 1 saturated heterocycles. The Hall–Kier alpha value is -5.16. The number of esters is 4. The standard InChI is InChI=1S/C47H57NO15/c1-25-31(61-42(55)36(52)35(28-16-10-7-11-17-28)48-43(56)60-30-20-14-9-15-21-30)23-47(57)40(62-41(54)29-18-12-8-13-19-29)38-45(6,32(51)22-33-46(38,24-58-33)63-27(3)50)39(53)37(59-26(2)49)34(25)44(47,4)5/h7-8,10-13,16-19,30-33,35-38,40,51-52,57H,9,14-15,20-24H2,1-6H3,(H,48,56)/t31?,32?,33?,35?,36?,37?,38?,40?,45-,46+,47?/m1/s1. The predicted molar refractivity (Wildman–Crippen MR) is 220 cm³/mol. The molecule has 5 aliphatic rings. The summed E-state index contributed by atoms with van der Waals surface area (Å²) in [4.78, 5) is 83.4. The monoisotopic (exact) mass is 875 g/mol. The zero-order chi connectivity index (χ0) is 45.6. The second-order valence-electron chi connectivity index (χ2n) is 18.3. The summed E-state index contributed by atoms with van der Waals surface area (Å²) in [6.07, 6.45) is -7.54. The molecular weight excluding hydrogens is 819 g/mol. The Morgan fingerprint density at radius 3 is 2.08 bits per heavy atom. The Morgan fingerprint density at radius 2 is 1.49 bits per heavy atom. The Balaban J connectivity index is 1.35. The van der Waals surface area contributed by atoms with E-state index >= 15 is 4.79 Å². The van der Waals surface area contributed by atoms with E-state index < -0.39 is 113 Å². The Labute approximate surface area is 365 Å². The largest absolute Gasteiger partial charge is 0.456 e. The maximum absolute atomic E-state index is 15.5. The molecule has 4 fully saturated rings. The van der Waals surface area contributed by atoms with Crippen molar-refractivity contribution >= 4 is 35.8 Å². The van der Waals surface area contributed by atoms with Gasteiger partial charge in [-0.1, -0.05) is 68.8 Å². The first-order chi connectivity index (χ1) is 29.8. The van der Waals surface area contributed by atoms with Crippen molar-refractivity contribution in [2.24, 2.45) is 16.7 Å². The Bertz CT molecular complexity index is 2130. The number of alkyl carbamates (subject to hydrolysis) is 1. The molecule has 0 spiro atoms. The highest BCUT2D eigenvalue weighted by Crippen LogP contribution is 2.64. The molecule has 16 heteroatoms. The molecule has 2 aromatic rings. The minimum absolute atomic E-state index is 0.00121. The fraction of sp³-hybridized carbons (Fsp3) is 0.574. The lowest BCUT2D eigenvalue weighted by Gasteiger charge is -2.67.